The second-order valence-corrected chi connectivity index (χ2v) is 6.19. The van der Waals surface area contributed by atoms with Crippen molar-refractivity contribution in [1.29, 1.82) is 0 Å². The summed E-state index contributed by atoms with van der Waals surface area (Å²) in [6, 6.07) is 2.21. The lowest BCUT2D eigenvalue weighted by atomic mass is 10.4. The van der Waals surface area contributed by atoms with Crippen molar-refractivity contribution >= 4 is 33.0 Å². The van der Waals surface area contributed by atoms with E-state index in [1.54, 1.807) is 0 Å². The zero-order chi connectivity index (χ0) is 14.8. The Morgan fingerprint density at radius 3 is 2.75 bits per heavy atom. The molecule has 2 rings (SSSR count). The number of rotatable bonds is 4. The van der Waals surface area contributed by atoms with E-state index in [1.165, 1.54) is 11.6 Å². The maximum atomic E-state index is 12.7. The minimum Gasteiger partial charge on any atom is -0.464 e. The van der Waals surface area contributed by atoms with Crippen molar-refractivity contribution in [2.24, 2.45) is 0 Å². The molecule has 2 heterocycles. The third-order valence-electron chi connectivity index (χ3n) is 2.14. The molecular formula is C10H8FN3O4S2. The maximum absolute atomic E-state index is 12.7. The Bertz CT molecular complexity index is 727. The maximum Gasteiger partial charge on any atom is 0.358 e. The van der Waals surface area contributed by atoms with Crippen LogP contribution in [0.4, 0.5) is 10.1 Å². The Morgan fingerprint density at radius 2 is 2.15 bits per heavy atom. The quantitative estimate of drug-likeness (QED) is 0.673. The number of anilines is 1. The van der Waals surface area contributed by atoms with E-state index in [2.05, 4.69) is 19.4 Å². The number of nitrogens with one attached hydrogen (secondary N) is 1. The second-order valence-electron chi connectivity index (χ2n) is 3.46. The first-order valence-corrected chi connectivity index (χ1v) is 7.46. The van der Waals surface area contributed by atoms with Gasteiger partial charge in [0.25, 0.3) is 10.0 Å². The number of sulfonamides is 1. The topological polar surface area (TPSA) is 98.2 Å². The molecule has 0 atom stereocenters. The van der Waals surface area contributed by atoms with Gasteiger partial charge in [-0.15, -0.1) is 11.3 Å². The van der Waals surface area contributed by atoms with Crippen LogP contribution in [0, 0.1) is 5.95 Å². The molecule has 0 aliphatic heterocycles. The molecule has 20 heavy (non-hydrogen) atoms. The molecule has 0 unspecified atom stereocenters. The third-order valence-corrected chi connectivity index (χ3v) is 4.89. The molecule has 0 saturated carbocycles. The number of hydrogen-bond acceptors (Lipinski definition) is 7. The molecule has 0 spiro atoms. The lowest BCUT2D eigenvalue weighted by molar-refractivity contribution is 0.0590. The van der Waals surface area contributed by atoms with Gasteiger partial charge in [-0.25, -0.2) is 23.2 Å². The highest BCUT2D eigenvalue weighted by molar-refractivity contribution is 7.94. The lowest BCUT2D eigenvalue weighted by Gasteiger charge is -2.06. The molecule has 0 aliphatic carbocycles. The molecule has 106 valence electrons. The van der Waals surface area contributed by atoms with E-state index in [0.717, 1.165) is 30.7 Å². The van der Waals surface area contributed by atoms with Crippen LogP contribution in [0.15, 0.2) is 28.0 Å². The summed E-state index contributed by atoms with van der Waals surface area (Å²) in [4.78, 5) is 18.4. The minimum atomic E-state index is -4.03. The molecule has 7 nitrogen and oxygen atoms in total. The summed E-state index contributed by atoms with van der Waals surface area (Å²) in [5, 5.41) is 0. The van der Waals surface area contributed by atoms with Crippen molar-refractivity contribution in [2.45, 2.75) is 4.21 Å². The highest BCUT2D eigenvalue weighted by Crippen LogP contribution is 2.23. The Balaban J connectivity index is 2.34. The molecule has 0 saturated heterocycles. The molecule has 0 radical (unpaired) electrons. The van der Waals surface area contributed by atoms with Crippen molar-refractivity contribution in [3.63, 3.8) is 0 Å². The molecule has 2 aromatic rings. The van der Waals surface area contributed by atoms with Gasteiger partial charge >= 0.3 is 5.97 Å². The monoisotopic (exact) mass is 317 g/mol. The van der Waals surface area contributed by atoms with Gasteiger partial charge in [-0.3, -0.25) is 4.72 Å². The molecule has 2 aromatic heterocycles. The third kappa shape index (κ3) is 2.91. The van der Waals surface area contributed by atoms with Gasteiger partial charge in [-0.05, 0) is 12.1 Å². The van der Waals surface area contributed by atoms with Gasteiger partial charge in [0.1, 0.15) is 0 Å². The highest BCUT2D eigenvalue weighted by atomic mass is 32.2. The molecule has 1 N–H and O–H groups in total. The van der Waals surface area contributed by atoms with E-state index < -0.39 is 21.9 Å². The van der Waals surface area contributed by atoms with Crippen LogP contribution >= 0.6 is 11.3 Å². The fourth-order valence-corrected chi connectivity index (χ4v) is 3.47. The number of halogens is 1. The van der Waals surface area contributed by atoms with E-state index >= 15 is 0 Å². The van der Waals surface area contributed by atoms with Crippen molar-refractivity contribution in [3.05, 3.63) is 35.5 Å². The van der Waals surface area contributed by atoms with Gasteiger partial charge in [0, 0.05) is 0 Å². The number of hydrogen-bond donors (Lipinski definition) is 1. The normalized spacial score (nSPS) is 11.1. The SMILES string of the molecule is COC(=O)c1ncsc1S(=O)(=O)Nc1ccc(F)nc1. The summed E-state index contributed by atoms with van der Waals surface area (Å²) in [5.41, 5.74) is 0.972. The standard InChI is InChI=1S/C10H8FN3O4S2/c1-18-9(15)8-10(19-5-13-8)20(16,17)14-6-2-3-7(11)12-4-6/h2-5,14H,1H3. The summed E-state index contributed by atoms with van der Waals surface area (Å²) in [5.74, 6) is -1.59. The average Bonchev–Trinajstić information content (AvgIpc) is 2.90. The van der Waals surface area contributed by atoms with Crippen LogP contribution < -0.4 is 4.72 Å². The average molecular weight is 317 g/mol. The van der Waals surface area contributed by atoms with Crippen molar-refractivity contribution in [2.75, 3.05) is 11.8 Å². The fraction of sp³-hybridized carbons (Fsp3) is 0.100. The fourth-order valence-electron chi connectivity index (χ4n) is 1.30. The predicted octanol–water partition coefficient (Wildman–Crippen LogP) is 1.26. The van der Waals surface area contributed by atoms with Crippen molar-refractivity contribution < 1.29 is 22.3 Å². The van der Waals surface area contributed by atoms with E-state index in [9.17, 15) is 17.6 Å². The molecule has 0 aromatic carbocycles. The largest absolute Gasteiger partial charge is 0.464 e. The van der Waals surface area contributed by atoms with Gasteiger partial charge in [-0.2, -0.15) is 4.39 Å². The number of methoxy groups -OCH3 is 1. The van der Waals surface area contributed by atoms with Crippen molar-refractivity contribution in [3.8, 4) is 0 Å². The van der Waals surface area contributed by atoms with E-state index in [4.69, 9.17) is 0 Å². The van der Waals surface area contributed by atoms with Crippen LogP contribution in [-0.4, -0.2) is 31.5 Å². The number of aromatic nitrogens is 2. The van der Waals surface area contributed by atoms with Gasteiger partial charge in [0.05, 0.1) is 24.5 Å². The zero-order valence-electron chi connectivity index (χ0n) is 10.0. The second kappa shape index (κ2) is 5.51. The number of esters is 1. The summed E-state index contributed by atoms with van der Waals surface area (Å²) in [6.07, 6.45) is 1.02. The van der Waals surface area contributed by atoms with Gasteiger partial charge in [-0.1, -0.05) is 0 Å². The van der Waals surface area contributed by atoms with E-state index in [0.29, 0.717) is 0 Å². The van der Waals surface area contributed by atoms with Crippen LogP contribution in [0.25, 0.3) is 0 Å². The van der Waals surface area contributed by atoms with Crippen LogP contribution in [0.5, 0.6) is 0 Å². The number of carbonyl (C=O) groups excluding carboxylic acids is 1. The minimum absolute atomic E-state index is 0.0654. The van der Waals surface area contributed by atoms with E-state index in [1.807, 2.05) is 0 Å². The zero-order valence-corrected chi connectivity index (χ0v) is 11.7. The van der Waals surface area contributed by atoms with Crippen LogP contribution in [0.3, 0.4) is 0 Å². The highest BCUT2D eigenvalue weighted by Gasteiger charge is 2.26. The number of ether oxygens (including phenoxy) is 1. The molecule has 0 amide bonds. The number of nitrogens with zero attached hydrogens (tertiary/aromatic N) is 2. The van der Waals surface area contributed by atoms with E-state index in [-0.39, 0.29) is 15.6 Å². The molecule has 0 bridgehead atoms. The number of pyridine rings is 1. The molecule has 0 fully saturated rings. The smallest absolute Gasteiger partial charge is 0.358 e. The Kier molecular flexibility index (Phi) is 3.95. The van der Waals surface area contributed by atoms with Crippen molar-refractivity contribution in [1.82, 2.24) is 9.97 Å². The Hall–Kier alpha value is -2.07. The van der Waals surface area contributed by atoms with Crippen LogP contribution in [0.2, 0.25) is 0 Å². The van der Waals surface area contributed by atoms with Crippen LogP contribution in [-0.2, 0) is 14.8 Å². The first-order valence-electron chi connectivity index (χ1n) is 5.10. The summed E-state index contributed by atoms with van der Waals surface area (Å²) in [7, 11) is -2.91. The number of thiazole rings is 1. The number of carbonyl (C=O) groups is 1. The van der Waals surface area contributed by atoms with Gasteiger partial charge in [0.2, 0.25) is 5.95 Å². The molecule has 10 heteroatoms. The Morgan fingerprint density at radius 1 is 1.40 bits per heavy atom. The molecular weight excluding hydrogens is 309 g/mol. The Labute approximate surface area is 117 Å². The van der Waals surface area contributed by atoms with Crippen LogP contribution in [0.1, 0.15) is 10.5 Å². The first-order chi connectivity index (χ1) is 9.44. The summed E-state index contributed by atoms with van der Waals surface area (Å²) in [6.45, 7) is 0. The summed E-state index contributed by atoms with van der Waals surface area (Å²) >= 11 is 0.766. The van der Waals surface area contributed by atoms with Gasteiger partial charge in [0.15, 0.2) is 9.90 Å². The summed E-state index contributed by atoms with van der Waals surface area (Å²) < 4.78 is 43.2. The molecule has 0 aliphatic rings. The lowest BCUT2D eigenvalue weighted by Crippen LogP contribution is -2.16. The first kappa shape index (κ1) is 14.3. The predicted molar refractivity (Wildman–Crippen MR) is 68.5 cm³/mol. The van der Waals surface area contributed by atoms with Gasteiger partial charge < -0.3 is 4.74 Å².